The summed E-state index contributed by atoms with van der Waals surface area (Å²) in [4.78, 5) is 38.3. The average Bonchev–Trinajstić information content (AvgIpc) is 3.28. The largest absolute Gasteiger partial charge is 0.368 e. The van der Waals surface area contributed by atoms with Crippen LogP contribution in [0.3, 0.4) is 0 Å². The zero-order valence-corrected chi connectivity index (χ0v) is 20.6. The van der Waals surface area contributed by atoms with Crippen LogP contribution in [0.15, 0.2) is 73.0 Å². The van der Waals surface area contributed by atoms with Crippen molar-refractivity contribution < 1.29 is 19.5 Å². The van der Waals surface area contributed by atoms with E-state index in [1.54, 1.807) is 16.5 Å². The van der Waals surface area contributed by atoms with Crippen LogP contribution in [-0.2, 0) is 18.3 Å². The normalized spacial score (nSPS) is 15.1. The minimum atomic E-state index is -0.815. The summed E-state index contributed by atoms with van der Waals surface area (Å²) >= 11 is 0. The lowest BCUT2D eigenvalue weighted by molar-refractivity contribution is -0.114. The predicted octanol–water partition coefficient (Wildman–Crippen LogP) is 4.25. The Bertz CT molecular complexity index is 1610. The summed E-state index contributed by atoms with van der Waals surface area (Å²) in [6.07, 6.45) is 1.62. The van der Waals surface area contributed by atoms with Gasteiger partial charge in [0.05, 0.1) is 17.9 Å². The van der Waals surface area contributed by atoms with Gasteiger partial charge in [-0.3, -0.25) is 9.59 Å². The number of nitrogens with zero attached hydrogens (tertiary/aromatic N) is 5. The smallest absolute Gasteiger partial charge is 0.245 e. The Morgan fingerprint density at radius 2 is 1.59 bits per heavy atom. The van der Waals surface area contributed by atoms with Gasteiger partial charge in [-0.05, 0) is 36.2 Å². The maximum atomic E-state index is 13.4. The number of rotatable bonds is 7. The number of hydrogen-bond acceptors (Lipinski definition) is 6. The number of piperazine rings is 1. The third-order valence-corrected chi connectivity index (χ3v) is 6.51. The molecule has 4 aromatic rings. The van der Waals surface area contributed by atoms with Crippen molar-refractivity contribution in [1.29, 1.82) is 0 Å². The first kappa shape index (κ1) is 19.8. The van der Waals surface area contributed by atoms with E-state index in [4.69, 9.17) is 5.48 Å². The van der Waals surface area contributed by atoms with E-state index in [-0.39, 0.29) is 41.1 Å². The van der Waals surface area contributed by atoms with Crippen LogP contribution < -0.4 is 9.80 Å². The third kappa shape index (κ3) is 5.14. The number of carbonyl (C=O) groups excluding carboxylic acids is 2. The Morgan fingerprint density at radius 3 is 2.24 bits per heavy atom. The number of halogens is 1. The standard InChI is InChI=1S/C29H28FN5O2/c1-20-16-25(22-6-4-3-5-7-22)27(33(20)2)28(37)26(36)17-21-8-10-24(11-9-21)34-12-14-35(15-13-34)29-31-18-23(30)19-32-29/h3-11,16,18-19H,12-15,17H2,1-2H3/i8D,9D,10D,11D. The molecule has 5 rings (SSSR count). The molecule has 2 aromatic carbocycles. The van der Waals surface area contributed by atoms with Crippen molar-refractivity contribution in [2.24, 2.45) is 7.05 Å². The number of ketones is 2. The average molecular weight is 502 g/mol. The van der Waals surface area contributed by atoms with Crippen molar-refractivity contribution in [3.8, 4) is 11.1 Å². The monoisotopic (exact) mass is 501 g/mol. The second-order valence-electron chi connectivity index (χ2n) is 8.90. The first-order valence-electron chi connectivity index (χ1n) is 13.9. The van der Waals surface area contributed by atoms with Crippen molar-refractivity contribution >= 4 is 23.2 Å². The predicted molar refractivity (Wildman–Crippen MR) is 141 cm³/mol. The summed E-state index contributed by atoms with van der Waals surface area (Å²) in [6.45, 7) is 3.42. The molecule has 0 bridgehead atoms. The number of anilines is 2. The Morgan fingerprint density at radius 1 is 0.973 bits per heavy atom. The van der Waals surface area contributed by atoms with E-state index in [1.807, 2.05) is 48.2 Å². The molecule has 0 unspecified atom stereocenters. The molecule has 0 atom stereocenters. The lowest BCUT2D eigenvalue weighted by atomic mass is 9.99. The highest BCUT2D eigenvalue weighted by atomic mass is 19.1. The van der Waals surface area contributed by atoms with E-state index < -0.39 is 23.8 Å². The van der Waals surface area contributed by atoms with Gasteiger partial charge in [-0.1, -0.05) is 42.4 Å². The van der Waals surface area contributed by atoms with Crippen molar-refractivity contribution in [2.45, 2.75) is 13.3 Å². The fourth-order valence-corrected chi connectivity index (χ4v) is 4.39. The molecule has 1 aliphatic heterocycles. The minimum absolute atomic E-state index is 0.118. The van der Waals surface area contributed by atoms with Gasteiger partial charge in [0.2, 0.25) is 17.5 Å². The van der Waals surface area contributed by atoms with E-state index in [1.165, 1.54) is 0 Å². The van der Waals surface area contributed by atoms with Gasteiger partial charge >= 0.3 is 0 Å². The quantitative estimate of drug-likeness (QED) is 0.279. The molecular formula is C29H28FN5O2. The molecule has 0 N–H and O–H groups in total. The summed E-state index contributed by atoms with van der Waals surface area (Å²) in [5.74, 6) is -1.73. The molecule has 1 aliphatic rings. The van der Waals surface area contributed by atoms with Crippen molar-refractivity contribution in [3.63, 3.8) is 0 Å². The minimum Gasteiger partial charge on any atom is -0.368 e. The second-order valence-corrected chi connectivity index (χ2v) is 8.90. The molecule has 1 fully saturated rings. The molecule has 0 radical (unpaired) electrons. The van der Waals surface area contributed by atoms with Crippen LogP contribution in [0, 0.1) is 12.7 Å². The highest BCUT2D eigenvalue weighted by Gasteiger charge is 2.25. The summed E-state index contributed by atoms with van der Waals surface area (Å²) in [7, 11) is 1.70. The fraction of sp³-hybridized carbons (Fsp3) is 0.241. The van der Waals surface area contributed by atoms with Crippen LogP contribution >= 0.6 is 0 Å². The number of Topliss-reactive ketones (excluding diaryl/α,β-unsaturated/α-hetero) is 2. The van der Waals surface area contributed by atoms with Crippen LogP contribution in [0.1, 0.15) is 27.2 Å². The van der Waals surface area contributed by atoms with E-state index >= 15 is 0 Å². The van der Waals surface area contributed by atoms with E-state index in [0.29, 0.717) is 37.7 Å². The van der Waals surface area contributed by atoms with Gasteiger partial charge < -0.3 is 14.4 Å². The van der Waals surface area contributed by atoms with E-state index in [9.17, 15) is 14.0 Å². The maximum absolute atomic E-state index is 13.4. The molecule has 0 saturated carbocycles. The SMILES string of the molecule is [2H]c1c([2H])c(N2CCN(c3ncc(F)cn3)CC2)c([2H])c([2H])c1CC(=O)C(=O)c1c(-c2ccccc2)cc(C)n1C. The highest BCUT2D eigenvalue weighted by Crippen LogP contribution is 2.28. The summed E-state index contributed by atoms with van der Waals surface area (Å²) in [5, 5.41) is 0. The van der Waals surface area contributed by atoms with E-state index in [0.717, 1.165) is 23.7 Å². The first-order valence-corrected chi connectivity index (χ1v) is 11.9. The lowest BCUT2D eigenvalue weighted by Gasteiger charge is -2.36. The molecule has 0 aliphatic carbocycles. The van der Waals surface area contributed by atoms with Gasteiger partial charge in [-0.15, -0.1) is 0 Å². The van der Waals surface area contributed by atoms with Gasteiger partial charge in [-0.2, -0.15) is 0 Å². The van der Waals surface area contributed by atoms with Gasteiger partial charge in [0.25, 0.3) is 0 Å². The van der Waals surface area contributed by atoms with Gasteiger partial charge in [-0.25, -0.2) is 14.4 Å². The zero-order chi connectivity index (χ0) is 29.4. The number of carbonyl (C=O) groups is 2. The molecular weight excluding hydrogens is 469 g/mol. The Labute approximate surface area is 220 Å². The number of hydrogen-bond donors (Lipinski definition) is 0. The molecule has 3 heterocycles. The number of aryl methyl sites for hydroxylation is 1. The summed E-state index contributed by atoms with van der Waals surface area (Å²) in [6, 6.07) is 9.84. The molecule has 188 valence electrons. The lowest BCUT2D eigenvalue weighted by Crippen LogP contribution is -2.47. The fourth-order valence-electron chi connectivity index (χ4n) is 4.39. The van der Waals surface area contributed by atoms with Gasteiger partial charge in [0.15, 0.2) is 5.82 Å². The van der Waals surface area contributed by atoms with Crippen LogP contribution in [0.4, 0.5) is 16.0 Å². The van der Waals surface area contributed by atoms with E-state index in [2.05, 4.69) is 9.97 Å². The van der Waals surface area contributed by atoms with Crippen molar-refractivity contribution in [3.05, 3.63) is 95.7 Å². The highest BCUT2D eigenvalue weighted by molar-refractivity contribution is 6.44. The molecule has 0 amide bonds. The number of benzene rings is 2. The maximum Gasteiger partial charge on any atom is 0.245 e. The molecule has 2 aromatic heterocycles. The van der Waals surface area contributed by atoms with Crippen LogP contribution in [0.25, 0.3) is 11.1 Å². The second kappa shape index (κ2) is 10.3. The molecule has 37 heavy (non-hydrogen) atoms. The Kier molecular flexibility index (Phi) is 5.54. The van der Waals surface area contributed by atoms with Gasteiger partial charge in [0, 0.05) is 56.6 Å². The van der Waals surface area contributed by atoms with Crippen LogP contribution in [-0.4, -0.2) is 52.3 Å². The summed E-state index contributed by atoms with van der Waals surface area (Å²) in [5.41, 5.74) is 2.42. The molecule has 8 heteroatoms. The molecule has 7 nitrogen and oxygen atoms in total. The van der Waals surface area contributed by atoms with Crippen molar-refractivity contribution in [1.82, 2.24) is 14.5 Å². The van der Waals surface area contributed by atoms with Crippen LogP contribution in [0.2, 0.25) is 0 Å². The van der Waals surface area contributed by atoms with Crippen molar-refractivity contribution in [2.75, 3.05) is 36.0 Å². The Hall–Kier alpha value is -4.33. The third-order valence-electron chi connectivity index (χ3n) is 6.51. The van der Waals surface area contributed by atoms with Crippen LogP contribution in [0.5, 0.6) is 0 Å². The summed E-state index contributed by atoms with van der Waals surface area (Å²) < 4.78 is 49.3. The topological polar surface area (TPSA) is 71.3 Å². The molecule has 1 saturated heterocycles. The first-order chi connectivity index (χ1) is 19.6. The zero-order valence-electron chi connectivity index (χ0n) is 24.6. The van der Waals surface area contributed by atoms with Gasteiger partial charge in [0.1, 0.15) is 5.69 Å². The molecule has 0 spiro atoms. The number of aromatic nitrogens is 3. The Balaban J connectivity index is 1.38.